The van der Waals surface area contributed by atoms with Crippen molar-refractivity contribution in [1.82, 2.24) is 5.32 Å². The number of halogens is 1. The molecule has 0 aliphatic heterocycles. The lowest BCUT2D eigenvalue weighted by atomic mass is 9.78. The van der Waals surface area contributed by atoms with E-state index in [-0.39, 0.29) is 6.10 Å². The fourth-order valence-electron chi connectivity index (χ4n) is 3.34. The molecule has 0 amide bonds. The molecular weight excluding hydrogens is 270 g/mol. The van der Waals surface area contributed by atoms with Crippen LogP contribution in [0.4, 0.5) is 0 Å². The van der Waals surface area contributed by atoms with Gasteiger partial charge in [-0.3, -0.25) is 0 Å². The molecule has 0 bridgehead atoms. The van der Waals surface area contributed by atoms with Crippen molar-refractivity contribution in [3.8, 4) is 5.75 Å². The summed E-state index contributed by atoms with van der Waals surface area (Å²) in [6.07, 6.45) is 2.67. The Morgan fingerprint density at radius 3 is 2.70 bits per heavy atom. The maximum atomic E-state index is 6.30. The van der Waals surface area contributed by atoms with Crippen LogP contribution in [-0.4, -0.2) is 18.7 Å². The van der Waals surface area contributed by atoms with Crippen molar-refractivity contribution < 1.29 is 4.74 Å². The van der Waals surface area contributed by atoms with Crippen LogP contribution in [0.3, 0.4) is 0 Å². The topological polar surface area (TPSA) is 21.3 Å². The molecular formula is C17H26ClNO. The Balaban J connectivity index is 2.13. The monoisotopic (exact) mass is 295 g/mol. The van der Waals surface area contributed by atoms with E-state index in [1.54, 1.807) is 0 Å². The minimum atomic E-state index is 0.242. The zero-order valence-corrected chi connectivity index (χ0v) is 13.7. The Labute approximate surface area is 127 Å². The summed E-state index contributed by atoms with van der Waals surface area (Å²) in [6.45, 7) is 9.80. The molecule has 0 saturated heterocycles. The van der Waals surface area contributed by atoms with Gasteiger partial charge in [-0.2, -0.15) is 0 Å². The van der Waals surface area contributed by atoms with Gasteiger partial charge in [0.05, 0.1) is 0 Å². The first-order valence-corrected chi connectivity index (χ1v) is 8.05. The highest BCUT2D eigenvalue weighted by Crippen LogP contribution is 2.33. The highest BCUT2D eigenvalue weighted by molar-refractivity contribution is 6.31. The number of aryl methyl sites for hydroxylation is 1. The maximum absolute atomic E-state index is 6.30. The average molecular weight is 296 g/mol. The zero-order chi connectivity index (χ0) is 14.7. The molecule has 0 heterocycles. The van der Waals surface area contributed by atoms with Crippen LogP contribution in [0.25, 0.3) is 0 Å². The fourth-order valence-corrected chi connectivity index (χ4v) is 3.45. The Morgan fingerprint density at radius 2 is 2.05 bits per heavy atom. The molecule has 1 aromatic rings. The van der Waals surface area contributed by atoms with Crippen LogP contribution in [-0.2, 0) is 0 Å². The third-order valence-electron chi connectivity index (χ3n) is 4.26. The second-order valence-electron chi connectivity index (χ2n) is 6.21. The molecule has 0 aromatic heterocycles. The van der Waals surface area contributed by atoms with Crippen LogP contribution >= 0.6 is 11.6 Å². The van der Waals surface area contributed by atoms with E-state index >= 15 is 0 Å². The van der Waals surface area contributed by atoms with Crippen LogP contribution in [0.5, 0.6) is 5.75 Å². The van der Waals surface area contributed by atoms with Crippen molar-refractivity contribution in [2.24, 2.45) is 11.8 Å². The van der Waals surface area contributed by atoms with Gasteiger partial charge in [-0.15, -0.1) is 0 Å². The first-order chi connectivity index (χ1) is 9.51. The first-order valence-electron chi connectivity index (χ1n) is 7.67. The SMILES string of the molecule is CCNC1CC(C)CC(C)C1Oc1ccc(Cl)c(C)c1. The summed E-state index contributed by atoms with van der Waals surface area (Å²) in [6, 6.07) is 6.37. The number of likely N-dealkylation sites (N-methyl/N-ethyl adjacent to an activating group) is 1. The molecule has 1 fully saturated rings. The summed E-state index contributed by atoms with van der Waals surface area (Å²) < 4.78 is 6.30. The average Bonchev–Trinajstić information content (AvgIpc) is 2.38. The molecule has 3 heteroatoms. The van der Waals surface area contributed by atoms with E-state index in [1.807, 2.05) is 25.1 Å². The summed E-state index contributed by atoms with van der Waals surface area (Å²) in [5, 5.41) is 4.39. The number of hydrogen-bond donors (Lipinski definition) is 1. The van der Waals surface area contributed by atoms with E-state index in [1.165, 1.54) is 12.8 Å². The van der Waals surface area contributed by atoms with Gasteiger partial charge in [0.1, 0.15) is 11.9 Å². The lowest BCUT2D eigenvalue weighted by Crippen LogP contribution is -2.50. The van der Waals surface area contributed by atoms with Crippen LogP contribution in [0, 0.1) is 18.8 Å². The van der Waals surface area contributed by atoms with E-state index in [0.29, 0.717) is 12.0 Å². The molecule has 1 aromatic carbocycles. The Morgan fingerprint density at radius 1 is 1.30 bits per heavy atom. The molecule has 1 saturated carbocycles. The second kappa shape index (κ2) is 6.82. The van der Waals surface area contributed by atoms with Gasteiger partial charge in [0.15, 0.2) is 0 Å². The van der Waals surface area contributed by atoms with Crippen LogP contribution in [0.1, 0.15) is 39.2 Å². The van der Waals surface area contributed by atoms with Gasteiger partial charge < -0.3 is 10.1 Å². The Hall–Kier alpha value is -0.730. The lowest BCUT2D eigenvalue weighted by Gasteiger charge is -2.40. The molecule has 0 radical (unpaired) electrons. The minimum Gasteiger partial charge on any atom is -0.489 e. The lowest BCUT2D eigenvalue weighted by molar-refractivity contribution is 0.0483. The van der Waals surface area contributed by atoms with Gasteiger partial charge in [-0.05, 0) is 61.9 Å². The minimum absolute atomic E-state index is 0.242. The van der Waals surface area contributed by atoms with Crippen LogP contribution in [0.2, 0.25) is 5.02 Å². The van der Waals surface area contributed by atoms with Crippen LogP contribution in [0.15, 0.2) is 18.2 Å². The fraction of sp³-hybridized carbons (Fsp3) is 0.647. The molecule has 4 atom stereocenters. The summed E-state index contributed by atoms with van der Waals surface area (Å²) in [5.41, 5.74) is 1.07. The zero-order valence-electron chi connectivity index (χ0n) is 12.9. The number of nitrogens with one attached hydrogen (secondary N) is 1. The maximum Gasteiger partial charge on any atom is 0.120 e. The molecule has 1 aliphatic rings. The third-order valence-corrected chi connectivity index (χ3v) is 4.68. The van der Waals surface area contributed by atoms with Gasteiger partial charge in [0.2, 0.25) is 0 Å². The molecule has 4 unspecified atom stereocenters. The van der Waals surface area contributed by atoms with Crippen LogP contribution < -0.4 is 10.1 Å². The summed E-state index contributed by atoms with van der Waals surface area (Å²) >= 11 is 6.08. The number of hydrogen-bond acceptors (Lipinski definition) is 2. The van der Waals surface area contributed by atoms with Crippen molar-refractivity contribution in [2.45, 2.75) is 52.7 Å². The van der Waals surface area contributed by atoms with Gasteiger partial charge in [0, 0.05) is 11.1 Å². The number of rotatable bonds is 4. The molecule has 20 heavy (non-hydrogen) atoms. The molecule has 1 aliphatic carbocycles. The van der Waals surface area contributed by atoms with E-state index in [4.69, 9.17) is 16.3 Å². The summed E-state index contributed by atoms with van der Waals surface area (Å²) in [5.74, 6) is 2.26. The summed E-state index contributed by atoms with van der Waals surface area (Å²) in [4.78, 5) is 0. The van der Waals surface area contributed by atoms with E-state index in [9.17, 15) is 0 Å². The van der Waals surface area contributed by atoms with Gasteiger partial charge in [-0.1, -0.05) is 32.4 Å². The van der Waals surface area contributed by atoms with Gasteiger partial charge >= 0.3 is 0 Å². The summed E-state index contributed by atoms with van der Waals surface area (Å²) in [7, 11) is 0. The highest BCUT2D eigenvalue weighted by Gasteiger charge is 2.35. The Kier molecular flexibility index (Phi) is 5.34. The standard InChI is InChI=1S/C17H26ClNO/c1-5-19-16-9-11(2)8-13(4)17(16)20-14-6-7-15(18)12(3)10-14/h6-7,10-11,13,16-17,19H,5,8-9H2,1-4H3. The van der Waals surface area contributed by atoms with Crippen molar-refractivity contribution >= 4 is 11.6 Å². The van der Waals surface area contributed by atoms with Gasteiger partial charge in [0.25, 0.3) is 0 Å². The Bertz CT molecular complexity index is 449. The predicted octanol–water partition coefficient (Wildman–Crippen LogP) is 4.44. The van der Waals surface area contributed by atoms with Crippen molar-refractivity contribution in [3.05, 3.63) is 28.8 Å². The van der Waals surface area contributed by atoms with E-state index in [0.717, 1.165) is 28.8 Å². The highest BCUT2D eigenvalue weighted by atomic mass is 35.5. The van der Waals surface area contributed by atoms with Crippen molar-refractivity contribution in [1.29, 1.82) is 0 Å². The molecule has 1 N–H and O–H groups in total. The van der Waals surface area contributed by atoms with Crippen molar-refractivity contribution in [2.75, 3.05) is 6.54 Å². The number of benzene rings is 1. The molecule has 112 valence electrons. The van der Waals surface area contributed by atoms with Crippen molar-refractivity contribution in [3.63, 3.8) is 0 Å². The molecule has 2 nitrogen and oxygen atoms in total. The van der Waals surface area contributed by atoms with E-state index in [2.05, 4.69) is 26.1 Å². The predicted molar refractivity (Wildman–Crippen MR) is 85.6 cm³/mol. The normalized spacial score (nSPS) is 30.2. The quantitative estimate of drug-likeness (QED) is 0.886. The number of ether oxygens (including phenoxy) is 1. The molecule has 0 spiro atoms. The largest absolute Gasteiger partial charge is 0.489 e. The second-order valence-corrected chi connectivity index (χ2v) is 6.62. The smallest absolute Gasteiger partial charge is 0.120 e. The van der Waals surface area contributed by atoms with Gasteiger partial charge in [-0.25, -0.2) is 0 Å². The first kappa shape index (κ1) is 15.7. The third kappa shape index (κ3) is 3.67. The molecule has 2 rings (SSSR count). The van der Waals surface area contributed by atoms with E-state index < -0.39 is 0 Å².